The normalized spacial score (nSPS) is 11.9. The fourth-order valence-electron chi connectivity index (χ4n) is 4.72. The first kappa shape index (κ1) is 16.4. The molecule has 0 spiro atoms. The number of benzene rings is 4. The van der Waals surface area contributed by atoms with Crippen LogP contribution >= 0.6 is 0 Å². The summed E-state index contributed by atoms with van der Waals surface area (Å²) < 4.78 is 2.13. The van der Waals surface area contributed by atoms with E-state index in [1.54, 1.807) is 12.4 Å². The SMILES string of the molecule is c1ccc2c(c1)c1nccnc1c1ccc3c4ccccc4n(-c4ncncn4)c3c21. The highest BCUT2D eigenvalue weighted by molar-refractivity contribution is 6.32. The highest BCUT2D eigenvalue weighted by atomic mass is 15.2. The zero-order valence-corrected chi connectivity index (χ0v) is 16.3. The molecule has 0 radical (unpaired) electrons. The van der Waals surface area contributed by atoms with Gasteiger partial charge in [-0.05, 0) is 11.5 Å². The monoisotopic (exact) mass is 398 g/mol. The molecule has 0 aliphatic carbocycles. The van der Waals surface area contributed by atoms with E-state index in [0.29, 0.717) is 5.95 Å². The largest absolute Gasteiger partial charge is 0.277 e. The summed E-state index contributed by atoms with van der Waals surface area (Å²) in [5.74, 6) is 0.594. The summed E-state index contributed by atoms with van der Waals surface area (Å²) in [5, 5.41) is 6.71. The summed E-state index contributed by atoms with van der Waals surface area (Å²) in [6, 6.07) is 21.1. The molecule has 0 fully saturated rings. The third-order valence-electron chi connectivity index (χ3n) is 5.92. The van der Waals surface area contributed by atoms with E-state index in [2.05, 4.69) is 73.0 Å². The minimum Gasteiger partial charge on any atom is -0.277 e. The Morgan fingerprint density at radius 2 is 1.19 bits per heavy atom. The molecule has 0 N–H and O–H groups in total. The van der Waals surface area contributed by atoms with Crippen LogP contribution in [-0.2, 0) is 0 Å². The number of hydrogen-bond donors (Lipinski definition) is 0. The van der Waals surface area contributed by atoms with Crippen LogP contribution in [-0.4, -0.2) is 29.5 Å². The summed E-state index contributed by atoms with van der Waals surface area (Å²) in [6.45, 7) is 0. The van der Waals surface area contributed by atoms with E-state index in [9.17, 15) is 0 Å². The Bertz CT molecular complexity index is 1750. The molecule has 0 atom stereocenters. The summed E-state index contributed by atoms with van der Waals surface area (Å²) in [5.41, 5.74) is 3.92. The molecule has 3 aromatic heterocycles. The minimum absolute atomic E-state index is 0.594. The Kier molecular flexibility index (Phi) is 3.18. The number of nitrogens with zero attached hydrogens (tertiary/aromatic N) is 6. The van der Waals surface area contributed by atoms with Gasteiger partial charge >= 0.3 is 0 Å². The van der Waals surface area contributed by atoms with Crippen molar-refractivity contribution in [3.63, 3.8) is 0 Å². The number of para-hydroxylation sites is 1. The van der Waals surface area contributed by atoms with Crippen molar-refractivity contribution in [2.45, 2.75) is 0 Å². The van der Waals surface area contributed by atoms with Crippen LogP contribution in [0.3, 0.4) is 0 Å². The van der Waals surface area contributed by atoms with Crippen LogP contribution in [0.1, 0.15) is 0 Å². The van der Waals surface area contributed by atoms with Gasteiger partial charge in [0.05, 0.1) is 22.1 Å². The Balaban J connectivity index is 1.86. The lowest BCUT2D eigenvalue weighted by Gasteiger charge is -2.12. The second kappa shape index (κ2) is 6.03. The van der Waals surface area contributed by atoms with Crippen molar-refractivity contribution in [2.75, 3.05) is 0 Å². The molecule has 6 heteroatoms. The standard InChI is InChI=1S/C25H14N6/c1-2-7-17-16(6-1)21-19(23-22(17)27-11-12-28-23)10-9-18-15-5-3-4-8-20(15)31(24(18)21)25-29-13-26-14-30-25/h1-14H. The van der Waals surface area contributed by atoms with E-state index in [0.717, 1.165) is 54.4 Å². The topological polar surface area (TPSA) is 69.4 Å². The van der Waals surface area contributed by atoms with Gasteiger partial charge in [0, 0.05) is 39.3 Å². The predicted octanol–water partition coefficient (Wildman–Crippen LogP) is 5.22. The molecule has 0 saturated heterocycles. The first-order valence-electron chi connectivity index (χ1n) is 10.0. The molecule has 0 unspecified atom stereocenters. The van der Waals surface area contributed by atoms with Gasteiger partial charge in [-0.15, -0.1) is 0 Å². The molecule has 0 aliphatic rings. The van der Waals surface area contributed by atoms with Crippen molar-refractivity contribution in [1.29, 1.82) is 0 Å². The summed E-state index contributed by atoms with van der Waals surface area (Å²) in [6.07, 6.45) is 6.57. The molecule has 31 heavy (non-hydrogen) atoms. The average molecular weight is 398 g/mol. The Morgan fingerprint density at radius 1 is 0.548 bits per heavy atom. The van der Waals surface area contributed by atoms with E-state index in [4.69, 9.17) is 4.98 Å². The Morgan fingerprint density at radius 3 is 2.00 bits per heavy atom. The van der Waals surface area contributed by atoms with Gasteiger partial charge in [-0.2, -0.15) is 0 Å². The molecular weight excluding hydrogens is 384 g/mol. The van der Waals surface area contributed by atoms with Crippen molar-refractivity contribution < 1.29 is 0 Å². The van der Waals surface area contributed by atoms with Crippen LogP contribution in [0.4, 0.5) is 0 Å². The van der Waals surface area contributed by atoms with Gasteiger partial charge in [0.15, 0.2) is 0 Å². The van der Waals surface area contributed by atoms with Crippen molar-refractivity contribution >= 4 is 54.4 Å². The third-order valence-corrected chi connectivity index (χ3v) is 5.92. The quantitative estimate of drug-likeness (QED) is 0.355. The minimum atomic E-state index is 0.594. The predicted molar refractivity (Wildman–Crippen MR) is 122 cm³/mol. The van der Waals surface area contributed by atoms with Crippen LogP contribution in [0.2, 0.25) is 0 Å². The average Bonchev–Trinajstić information content (AvgIpc) is 3.19. The highest BCUT2D eigenvalue weighted by Crippen LogP contribution is 2.41. The fourth-order valence-corrected chi connectivity index (χ4v) is 4.72. The van der Waals surface area contributed by atoms with Gasteiger partial charge in [0.2, 0.25) is 5.95 Å². The van der Waals surface area contributed by atoms with Crippen LogP contribution < -0.4 is 0 Å². The van der Waals surface area contributed by atoms with Crippen molar-refractivity contribution in [3.05, 3.63) is 85.7 Å². The molecule has 4 aromatic carbocycles. The summed E-state index contributed by atoms with van der Waals surface area (Å²) in [4.78, 5) is 22.4. The third kappa shape index (κ3) is 2.13. The van der Waals surface area contributed by atoms with Crippen LogP contribution in [0, 0.1) is 0 Å². The van der Waals surface area contributed by atoms with Gasteiger partial charge < -0.3 is 0 Å². The Labute approximate surface area is 175 Å². The van der Waals surface area contributed by atoms with Gasteiger partial charge in [-0.3, -0.25) is 14.5 Å². The molecular formula is C25H14N6. The zero-order valence-electron chi connectivity index (χ0n) is 16.3. The molecule has 0 aliphatic heterocycles. The van der Waals surface area contributed by atoms with E-state index in [-0.39, 0.29) is 0 Å². The lowest BCUT2D eigenvalue weighted by molar-refractivity contribution is 0.941. The maximum Gasteiger partial charge on any atom is 0.237 e. The maximum absolute atomic E-state index is 4.71. The molecule has 144 valence electrons. The smallest absolute Gasteiger partial charge is 0.237 e. The van der Waals surface area contributed by atoms with Gasteiger partial charge in [-0.1, -0.05) is 54.6 Å². The van der Waals surface area contributed by atoms with E-state index in [1.807, 2.05) is 12.1 Å². The molecule has 0 bridgehead atoms. The van der Waals surface area contributed by atoms with Crippen LogP contribution in [0.5, 0.6) is 0 Å². The number of aromatic nitrogens is 6. The van der Waals surface area contributed by atoms with Crippen LogP contribution in [0.25, 0.3) is 60.3 Å². The second-order valence-corrected chi connectivity index (χ2v) is 7.47. The first-order chi connectivity index (χ1) is 15.4. The molecule has 7 aromatic rings. The second-order valence-electron chi connectivity index (χ2n) is 7.47. The van der Waals surface area contributed by atoms with Crippen LogP contribution in [0.15, 0.2) is 85.7 Å². The molecule has 0 saturated carbocycles. The molecule has 6 nitrogen and oxygen atoms in total. The van der Waals surface area contributed by atoms with Crippen molar-refractivity contribution in [3.8, 4) is 5.95 Å². The molecule has 3 heterocycles. The van der Waals surface area contributed by atoms with Crippen molar-refractivity contribution in [2.24, 2.45) is 0 Å². The molecule has 7 rings (SSSR count). The van der Waals surface area contributed by atoms with Gasteiger partial charge in [-0.25, -0.2) is 15.0 Å². The number of rotatable bonds is 1. The highest BCUT2D eigenvalue weighted by Gasteiger charge is 2.19. The van der Waals surface area contributed by atoms with Crippen molar-refractivity contribution in [1.82, 2.24) is 29.5 Å². The van der Waals surface area contributed by atoms with E-state index >= 15 is 0 Å². The number of fused-ring (bicyclic) bond motifs is 10. The van der Waals surface area contributed by atoms with E-state index < -0.39 is 0 Å². The summed E-state index contributed by atoms with van der Waals surface area (Å²) >= 11 is 0. The van der Waals surface area contributed by atoms with Gasteiger partial charge in [0.25, 0.3) is 0 Å². The summed E-state index contributed by atoms with van der Waals surface area (Å²) in [7, 11) is 0. The molecule has 0 amide bonds. The Hall–Kier alpha value is -4.45. The maximum atomic E-state index is 4.71. The number of hydrogen-bond acceptors (Lipinski definition) is 5. The fraction of sp³-hybridized carbons (Fsp3) is 0. The lowest BCUT2D eigenvalue weighted by Crippen LogP contribution is -2.01. The zero-order chi connectivity index (χ0) is 20.4. The van der Waals surface area contributed by atoms with Gasteiger partial charge in [0.1, 0.15) is 12.7 Å². The van der Waals surface area contributed by atoms with E-state index in [1.165, 1.54) is 12.7 Å². The lowest BCUT2D eigenvalue weighted by atomic mass is 9.97. The first-order valence-corrected chi connectivity index (χ1v) is 10.0.